The SMILES string of the molecule is O=C1C=C(Sc2ccccc2F)C(=O)N1C1CCCCC1. The standard InChI is InChI=1S/C16H16FNO2S/c17-12-8-4-5-9-13(12)21-14-10-15(19)18(16(14)20)11-6-2-1-3-7-11/h4-5,8-11H,1-3,6-7H2. The molecule has 0 bridgehead atoms. The van der Waals surface area contributed by atoms with Crippen LogP contribution in [0.3, 0.4) is 0 Å². The highest BCUT2D eigenvalue weighted by atomic mass is 32.2. The zero-order valence-corrected chi connectivity index (χ0v) is 12.4. The van der Waals surface area contributed by atoms with Crippen molar-refractivity contribution in [2.75, 3.05) is 0 Å². The van der Waals surface area contributed by atoms with Gasteiger partial charge in [-0.3, -0.25) is 14.5 Å². The van der Waals surface area contributed by atoms with Gasteiger partial charge in [-0.15, -0.1) is 0 Å². The zero-order chi connectivity index (χ0) is 14.8. The van der Waals surface area contributed by atoms with Gasteiger partial charge in [0.15, 0.2) is 0 Å². The van der Waals surface area contributed by atoms with Crippen molar-refractivity contribution in [1.82, 2.24) is 4.90 Å². The lowest BCUT2D eigenvalue weighted by molar-refractivity contribution is -0.140. The van der Waals surface area contributed by atoms with Crippen molar-refractivity contribution in [3.63, 3.8) is 0 Å². The minimum atomic E-state index is -0.375. The van der Waals surface area contributed by atoms with E-state index in [9.17, 15) is 14.0 Å². The fourth-order valence-corrected chi connectivity index (χ4v) is 3.76. The molecule has 1 aromatic carbocycles. The highest BCUT2D eigenvalue weighted by Gasteiger charge is 2.37. The van der Waals surface area contributed by atoms with Crippen LogP contribution >= 0.6 is 11.8 Å². The summed E-state index contributed by atoms with van der Waals surface area (Å²) in [6.07, 6.45) is 6.37. The van der Waals surface area contributed by atoms with E-state index in [1.165, 1.54) is 17.0 Å². The average Bonchev–Trinajstić information content (AvgIpc) is 2.77. The van der Waals surface area contributed by atoms with Gasteiger partial charge in [-0.2, -0.15) is 0 Å². The Bertz CT molecular complexity index is 608. The largest absolute Gasteiger partial charge is 0.271 e. The molecule has 1 fully saturated rings. The van der Waals surface area contributed by atoms with Crippen molar-refractivity contribution in [3.05, 3.63) is 41.1 Å². The van der Waals surface area contributed by atoms with E-state index in [0.29, 0.717) is 9.80 Å². The van der Waals surface area contributed by atoms with Gasteiger partial charge in [-0.25, -0.2) is 4.39 Å². The van der Waals surface area contributed by atoms with Crippen LogP contribution in [0.2, 0.25) is 0 Å². The van der Waals surface area contributed by atoms with E-state index in [1.807, 2.05) is 0 Å². The maximum Gasteiger partial charge on any atom is 0.267 e. The Labute approximate surface area is 127 Å². The number of imide groups is 1. The Morgan fingerprint density at radius 3 is 2.52 bits per heavy atom. The van der Waals surface area contributed by atoms with Crippen LogP contribution in [-0.2, 0) is 9.59 Å². The third-order valence-corrected chi connectivity index (χ3v) is 4.98. The summed E-state index contributed by atoms with van der Waals surface area (Å²) in [6, 6.07) is 6.29. The molecule has 110 valence electrons. The second-order valence-corrected chi connectivity index (χ2v) is 6.43. The second-order valence-electron chi connectivity index (χ2n) is 5.35. The molecule has 1 saturated carbocycles. The normalized spacial score (nSPS) is 20.0. The summed E-state index contributed by atoms with van der Waals surface area (Å²) in [5.41, 5.74) is 0. The van der Waals surface area contributed by atoms with Gasteiger partial charge in [-0.05, 0) is 25.0 Å². The lowest BCUT2D eigenvalue weighted by atomic mass is 9.94. The molecule has 2 amide bonds. The molecule has 21 heavy (non-hydrogen) atoms. The molecule has 5 heteroatoms. The van der Waals surface area contributed by atoms with E-state index in [2.05, 4.69) is 0 Å². The first-order chi connectivity index (χ1) is 10.2. The van der Waals surface area contributed by atoms with Crippen LogP contribution in [0.25, 0.3) is 0 Å². The van der Waals surface area contributed by atoms with Crippen molar-refractivity contribution >= 4 is 23.6 Å². The molecular weight excluding hydrogens is 289 g/mol. The molecule has 0 saturated heterocycles. The first kappa shape index (κ1) is 14.3. The number of amides is 2. The highest BCUT2D eigenvalue weighted by molar-refractivity contribution is 8.04. The number of halogens is 1. The van der Waals surface area contributed by atoms with Crippen LogP contribution in [0.1, 0.15) is 32.1 Å². The van der Waals surface area contributed by atoms with Crippen molar-refractivity contribution < 1.29 is 14.0 Å². The van der Waals surface area contributed by atoms with Crippen molar-refractivity contribution in [1.29, 1.82) is 0 Å². The summed E-state index contributed by atoms with van der Waals surface area (Å²) in [6.45, 7) is 0. The molecule has 3 rings (SSSR count). The molecule has 1 aromatic rings. The highest BCUT2D eigenvalue weighted by Crippen LogP contribution is 2.35. The molecule has 0 aromatic heterocycles. The van der Waals surface area contributed by atoms with Gasteiger partial charge >= 0.3 is 0 Å². The lowest BCUT2D eigenvalue weighted by Gasteiger charge is -2.29. The molecular formula is C16H16FNO2S. The molecule has 0 spiro atoms. The molecule has 1 aliphatic carbocycles. The summed E-state index contributed by atoms with van der Waals surface area (Å²) in [4.78, 5) is 26.6. The maximum atomic E-state index is 13.7. The number of hydrogen-bond donors (Lipinski definition) is 0. The number of benzene rings is 1. The number of nitrogens with zero attached hydrogens (tertiary/aromatic N) is 1. The number of hydrogen-bond acceptors (Lipinski definition) is 3. The molecule has 2 aliphatic rings. The van der Waals surface area contributed by atoms with Crippen LogP contribution in [-0.4, -0.2) is 22.8 Å². The fourth-order valence-electron chi connectivity index (χ4n) is 2.87. The second kappa shape index (κ2) is 6.02. The maximum absolute atomic E-state index is 13.7. The number of carbonyl (C=O) groups excluding carboxylic acids is 2. The fraction of sp³-hybridized carbons (Fsp3) is 0.375. The van der Waals surface area contributed by atoms with E-state index in [-0.39, 0.29) is 23.7 Å². The monoisotopic (exact) mass is 305 g/mol. The van der Waals surface area contributed by atoms with Crippen LogP contribution in [0, 0.1) is 5.82 Å². The van der Waals surface area contributed by atoms with Crippen LogP contribution in [0.5, 0.6) is 0 Å². The van der Waals surface area contributed by atoms with Gasteiger partial charge in [-0.1, -0.05) is 43.2 Å². The van der Waals surface area contributed by atoms with Crippen molar-refractivity contribution in [2.24, 2.45) is 0 Å². The molecule has 1 aliphatic heterocycles. The summed E-state index contributed by atoms with van der Waals surface area (Å²) >= 11 is 1.03. The van der Waals surface area contributed by atoms with Crippen LogP contribution < -0.4 is 0 Å². The molecule has 1 heterocycles. The van der Waals surface area contributed by atoms with Gasteiger partial charge in [0, 0.05) is 17.0 Å². The summed E-state index contributed by atoms with van der Waals surface area (Å²) < 4.78 is 13.7. The van der Waals surface area contributed by atoms with Crippen LogP contribution in [0.15, 0.2) is 40.1 Å². The number of carbonyl (C=O) groups is 2. The van der Waals surface area contributed by atoms with Gasteiger partial charge in [0.2, 0.25) is 0 Å². The van der Waals surface area contributed by atoms with Crippen molar-refractivity contribution in [2.45, 2.75) is 43.0 Å². The summed E-state index contributed by atoms with van der Waals surface area (Å²) in [5.74, 6) is -0.911. The first-order valence-electron chi connectivity index (χ1n) is 7.18. The Hall–Kier alpha value is -1.62. The van der Waals surface area contributed by atoms with Crippen molar-refractivity contribution in [3.8, 4) is 0 Å². The van der Waals surface area contributed by atoms with E-state index in [0.717, 1.165) is 43.9 Å². The Morgan fingerprint density at radius 2 is 1.81 bits per heavy atom. The molecule has 0 N–H and O–H groups in total. The smallest absolute Gasteiger partial charge is 0.267 e. The zero-order valence-electron chi connectivity index (χ0n) is 11.5. The average molecular weight is 305 g/mol. The molecule has 0 atom stereocenters. The van der Waals surface area contributed by atoms with Gasteiger partial charge < -0.3 is 0 Å². The summed E-state index contributed by atoms with van der Waals surface area (Å²) in [5, 5.41) is 0. The third kappa shape index (κ3) is 2.88. The topological polar surface area (TPSA) is 37.4 Å². The van der Waals surface area contributed by atoms with E-state index in [4.69, 9.17) is 0 Å². The van der Waals surface area contributed by atoms with Gasteiger partial charge in [0.1, 0.15) is 5.82 Å². The predicted molar refractivity (Wildman–Crippen MR) is 79.1 cm³/mol. The summed E-state index contributed by atoms with van der Waals surface area (Å²) in [7, 11) is 0. The van der Waals surface area contributed by atoms with E-state index < -0.39 is 0 Å². The quantitative estimate of drug-likeness (QED) is 0.802. The Balaban J connectivity index is 1.76. The Morgan fingerprint density at radius 1 is 1.10 bits per heavy atom. The lowest BCUT2D eigenvalue weighted by Crippen LogP contribution is -2.41. The number of thioether (sulfide) groups is 1. The number of rotatable bonds is 3. The van der Waals surface area contributed by atoms with E-state index in [1.54, 1.807) is 18.2 Å². The molecule has 0 unspecified atom stereocenters. The third-order valence-electron chi connectivity index (χ3n) is 3.92. The van der Waals surface area contributed by atoms with Gasteiger partial charge in [0.05, 0.1) is 4.91 Å². The predicted octanol–water partition coefficient (Wildman–Crippen LogP) is 3.50. The Kier molecular flexibility index (Phi) is 4.10. The van der Waals surface area contributed by atoms with E-state index >= 15 is 0 Å². The van der Waals surface area contributed by atoms with Gasteiger partial charge in [0.25, 0.3) is 11.8 Å². The van der Waals surface area contributed by atoms with Crippen LogP contribution in [0.4, 0.5) is 4.39 Å². The molecule has 0 radical (unpaired) electrons. The molecule has 3 nitrogen and oxygen atoms in total. The minimum Gasteiger partial charge on any atom is -0.271 e. The first-order valence-corrected chi connectivity index (χ1v) is 8.00. The minimum absolute atomic E-state index is 0.00807.